The van der Waals surface area contributed by atoms with E-state index < -0.39 is 0 Å². The first kappa shape index (κ1) is 30.3. The van der Waals surface area contributed by atoms with Crippen LogP contribution in [0.4, 0.5) is 0 Å². The molecular weight excluding hydrogens is 512 g/mol. The molecule has 0 fully saturated rings. The Morgan fingerprint density at radius 2 is 1.22 bits per heavy atom. The average Bonchev–Trinajstić information content (AvgIpc) is 3.02. The van der Waals surface area contributed by atoms with Crippen LogP contribution in [0.5, 0.6) is 5.75 Å². The van der Waals surface area contributed by atoms with Crippen LogP contribution in [-0.4, -0.2) is 63.9 Å². The lowest BCUT2D eigenvalue weighted by molar-refractivity contribution is 0.241. The van der Waals surface area contributed by atoms with Gasteiger partial charge in [0.05, 0.1) is 18.0 Å². The first-order valence-corrected chi connectivity index (χ1v) is 14.3. The fraction of sp³-hybridized carbons (Fsp3) is 0.333. The summed E-state index contributed by atoms with van der Waals surface area (Å²) in [6.07, 6.45) is 4.36. The lowest BCUT2D eigenvalue weighted by Gasteiger charge is -2.23. The van der Waals surface area contributed by atoms with Crippen LogP contribution in [0.3, 0.4) is 0 Å². The van der Waals surface area contributed by atoms with Gasteiger partial charge in [-0.3, -0.25) is 14.9 Å². The quantitative estimate of drug-likeness (QED) is 0.119. The molecule has 2 aromatic carbocycles. The summed E-state index contributed by atoms with van der Waals surface area (Å²) in [6, 6.07) is 27.8. The first-order chi connectivity index (χ1) is 20.2. The van der Waals surface area contributed by atoms with Crippen LogP contribution in [0.2, 0.25) is 0 Å². The third-order valence-electron chi connectivity index (χ3n) is 6.94. The number of phenols is 1. The third-order valence-corrected chi connectivity index (χ3v) is 6.94. The van der Waals surface area contributed by atoms with Crippen molar-refractivity contribution in [1.29, 1.82) is 0 Å². The number of phenolic OH excluding ortho intramolecular Hbond substituents is 1. The maximum atomic E-state index is 9.84. The van der Waals surface area contributed by atoms with Gasteiger partial charge >= 0.3 is 0 Å². The van der Waals surface area contributed by atoms with Crippen molar-refractivity contribution < 1.29 is 10.2 Å². The number of nitrogens with zero attached hydrogens (tertiary/aromatic N) is 3. The van der Waals surface area contributed by atoms with Gasteiger partial charge in [0.15, 0.2) is 0 Å². The molecular formula is C33H42N6O2. The van der Waals surface area contributed by atoms with Crippen LogP contribution in [0.1, 0.15) is 28.1 Å². The van der Waals surface area contributed by atoms with Gasteiger partial charge in [0.2, 0.25) is 0 Å². The molecule has 0 saturated heterocycles. The zero-order valence-corrected chi connectivity index (χ0v) is 23.6. The molecule has 2 heterocycles. The molecule has 4 aromatic rings. The largest absolute Gasteiger partial charge is 0.508 e. The third kappa shape index (κ3) is 11.4. The van der Waals surface area contributed by atoms with Gasteiger partial charge in [-0.15, -0.1) is 0 Å². The standard InChI is InChI=1S/C33H42N6O2/c40-26-32(21-27-11-13-33(41)14-12-27)38-22-28-7-9-29(10-8-28)25-39(19-17-34-23-30-5-1-3-15-36-30)20-18-35-24-31-6-2-4-16-37-31/h1-16,32,34-35,38,40-41H,17-26H2/t32-/m0/s1. The first-order valence-electron chi connectivity index (χ1n) is 14.3. The Kier molecular flexibility index (Phi) is 12.7. The molecule has 216 valence electrons. The van der Waals surface area contributed by atoms with E-state index in [0.717, 1.165) is 62.8 Å². The Labute approximate surface area is 243 Å². The van der Waals surface area contributed by atoms with Gasteiger partial charge in [0.25, 0.3) is 0 Å². The van der Waals surface area contributed by atoms with Gasteiger partial charge in [-0.25, -0.2) is 0 Å². The summed E-state index contributed by atoms with van der Waals surface area (Å²) in [6.45, 7) is 6.73. The van der Waals surface area contributed by atoms with E-state index in [1.807, 2.05) is 60.9 Å². The van der Waals surface area contributed by atoms with Crippen LogP contribution in [0.25, 0.3) is 0 Å². The average molecular weight is 555 g/mol. The van der Waals surface area contributed by atoms with Gasteiger partial charge in [-0.1, -0.05) is 48.5 Å². The number of rotatable bonds is 18. The number of hydrogen-bond donors (Lipinski definition) is 5. The number of nitrogens with one attached hydrogen (secondary N) is 3. The molecule has 0 aliphatic heterocycles. The molecule has 1 atom stereocenters. The fourth-order valence-corrected chi connectivity index (χ4v) is 4.58. The number of aliphatic hydroxyl groups is 1. The molecule has 0 radical (unpaired) electrons. The maximum absolute atomic E-state index is 9.84. The Balaban J connectivity index is 1.25. The second kappa shape index (κ2) is 17.2. The zero-order valence-electron chi connectivity index (χ0n) is 23.6. The molecule has 0 bridgehead atoms. The van der Waals surface area contributed by atoms with E-state index in [0.29, 0.717) is 13.0 Å². The highest BCUT2D eigenvalue weighted by Crippen LogP contribution is 2.12. The van der Waals surface area contributed by atoms with E-state index in [9.17, 15) is 10.2 Å². The fourth-order valence-electron chi connectivity index (χ4n) is 4.58. The Bertz CT molecular complexity index is 1190. The molecule has 0 aliphatic rings. The van der Waals surface area contributed by atoms with Gasteiger partial charge in [0, 0.05) is 70.8 Å². The number of aliphatic hydroxyl groups excluding tert-OH is 1. The van der Waals surface area contributed by atoms with Gasteiger partial charge in [-0.2, -0.15) is 0 Å². The van der Waals surface area contributed by atoms with Crippen molar-refractivity contribution in [2.24, 2.45) is 0 Å². The summed E-state index contributed by atoms with van der Waals surface area (Å²) in [7, 11) is 0. The molecule has 8 nitrogen and oxygen atoms in total. The highest BCUT2D eigenvalue weighted by molar-refractivity contribution is 5.27. The molecule has 8 heteroatoms. The maximum Gasteiger partial charge on any atom is 0.115 e. The Hall–Kier alpha value is -3.66. The lowest BCUT2D eigenvalue weighted by Crippen LogP contribution is -2.36. The van der Waals surface area contributed by atoms with E-state index in [2.05, 4.69) is 55.1 Å². The molecule has 5 N–H and O–H groups in total. The molecule has 0 aliphatic carbocycles. The van der Waals surface area contributed by atoms with E-state index >= 15 is 0 Å². The highest BCUT2D eigenvalue weighted by Gasteiger charge is 2.10. The smallest absolute Gasteiger partial charge is 0.115 e. The minimum absolute atomic E-state index is 0.0492. The predicted octanol–water partition coefficient (Wildman–Crippen LogP) is 3.26. The van der Waals surface area contributed by atoms with Crippen molar-refractivity contribution in [3.63, 3.8) is 0 Å². The number of aromatic hydroxyl groups is 1. The number of benzene rings is 2. The number of aromatic nitrogens is 2. The van der Waals surface area contributed by atoms with E-state index in [4.69, 9.17) is 0 Å². The molecule has 41 heavy (non-hydrogen) atoms. The van der Waals surface area contributed by atoms with Crippen LogP contribution in [0, 0.1) is 0 Å². The minimum atomic E-state index is -0.0492. The van der Waals surface area contributed by atoms with Crippen LogP contribution in [0.15, 0.2) is 97.3 Å². The van der Waals surface area contributed by atoms with Crippen LogP contribution < -0.4 is 16.0 Å². The van der Waals surface area contributed by atoms with E-state index in [-0.39, 0.29) is 18.4 Å². The van der Waals surface area contributed by atoms with Gasteiger partial charge in [0.1, 0.15) is 5.75 Å². The monoisotopic (exact) mass is 554 g/mol. The molecule has 0 amide bonds. The predicted molar refractivity (Wildman–Crippen MR) is 163 cm³/mol. The van der Waals surface area contributed by atoms with Crippen molar-refractivity contribution in [3.05, 3.63) is 125 Å². The lowest BCUT2D eigenvalue weighted by atomic mass is 10.1. The zero-order chi connectivity index (χ0) is 28.5. The second-order valence-corrected chi connectivity index (χ2v) is 10.2. The van der Waals surface area contributed by atoms with Crippen molar-refractivity contribution in [3.8, 4) is 5.75 Å². The Morgan fingerprint density at radius 3 is 1.76 bits per heavy atom. The van der Waals surface area contributed by atoms with E-state index in [1.54, 1.807) is 12.1 Å². The topological polar surface area (TPSA) is 106 Å². The van der Waals surface area contributed by atoms with Crippen LogP contribution in [-0.2, 0) is 32.6 Å². The van der Waals surface area contributed by atoms with Gasteiger partial charge in [-0.05, 0) is 59.5 Å². The second-order valence-electron chi connectivity index (χ2n) is 10.2. The summed E-state index contributed by atoms with van der Waals surface area (Å²) in [5.74, 6) is 0.252. The summed E-state index contributed by atoms with van der Waals surface area (Å²) in [5.41, 5.74) is 5.62. The van der Waals surface area contributed by atoms with Gasteiger partial charge < -0.3 is 26.2 Å². The molecule has 0 unspecified atom stereocenters. The summed E-state index contributed by atoms with van der Waals surface area (Å²) >= 11 is 0. The SMILES string of the molecule is OC[C@H](Cc1ccc(O)cc1)NCc1ccc(CN(CCNCc2ccccn2)CCNCc2ccccn2)cc1. The number of hydrogen-bond acceptors (Lipinski definition) is 8. The summed E-state index contributed by atoms with van der Waals surface area (Å²) < 4.78 is 0. The van der Waals surface area contributed by atoms with Crippen LogP contribution >= 0.6 is 0 Å². The Morgan fingerprint density at radius 1 is 0.659 bits per heavy atom. The summed E-state index contributed by atoms with van der Waals surface area (Å²) in [5, 5.41) is 29.8. The highest BCUT2D eigenvalue weighted by atomic mass is 16.3. The molecule has 0 spiro atoms. The van der Waals surface area contributed by atoms with Crippen molar-refractivity contribution in [2.45, 2.75) is 38.6 Å². The summed E-state index contributed by atoms with van der Waals surface area (Å²) in [4.78, 5) is 11.3. The minimum Gasteiger partial charge on any atom is -0.508 e. The van der Waals surface area contributed by atoms with Crippen molar-refractivity contribution in [2.75, 3.05) is 32.8 Å². The van der Waals surface area contributed by atoms with E-state index in [1.165, 1.54) is 11.1 Å². The molecule has 0 saturated carbocycles. The number of pyridine rings is 2. The van der Waals surface area contributed by atoms with Crippen molar-refractivity contribution >= 4 is 0 Å². The van der Waals surface area contributed by atoms with Crippen molar-refractivity contribution in [1.82, 2.24) is 30.8 Å². The molecule has 4 rings (SSSR count). The molecule has 2 aromatic heterocycles. The normalized spacial score (nSPS) is 12.0.